The third-order valence-corrected chi connectivity index (χ3v) is 3.01. The molecule has 1 aromatic carbocycles. The standard InChI is InChI=1S/C12H13F4NO/c1-18-8-6-9(12(14,15)16)11(13)10(7-8)17-4-2-3-5-17/h6-7H,2-5H2,1H3. The van der Waals surface area contributed by atoms with Crippen LogP contribution in [0.4, 0.5) is 23.2 Å². The van der Waals surface area contributed by atoms with Gasteiger partial charge in [-0.25, -0.2) is 4.39 Å². The molecule has 0 N–H and O–H groups in total. The smallest absolute Gasteiger partial charge is 0.419 e. The van der Waals surface area contributed by atoms with Crippen molar-refractivity contribution in [3.8, 4) is 5.75 Å². The first-order valence-electron chi connectivity index (χ1n) is 5.63. The number of rotatable bonds is 2. The molecule has 0 atom stereocenters. The highest BCUT2D eigenvalue weighted by molar-refractivity contribution is 5.56. The third kappa shape index (κ3) is 2.37. The maximum absolute atomic E-state index is 13.9. The molecule has 1 fully saturated rings. The minimum absolute atomic E-state index is 0.0191. The summed E-state index contributed by atoms with van der Waals surface area (Å²) in [7, 11) is 1.27. The van der Waals surface area contributed by atoms with E-state index in [4.69, 9.17) is 4.74 Å². The molecule has 0 saturated carbocycles. The number of halogens is 4. The molecular weight excluding hydrogens is 250 g/mol. The van der Waals surface area contributed by atoms with E-state index in [0.717, 1.165) is 12.8 Å². The van der Waals surface area contributed by atoms with Crippen LogP contribution in [0.5, 0.6) is 5.75 Å². The van der Waals surface area contributed by atoms with Crippen LogP contribution in [0.15, 0.2) is 12.1 Å². The molecule has 0 radical (unpaired) electrons. The first kappa shape index (κ1) is 13.0. The van der Waals surface area contributed by atoms with E-state index in [-0.39, 0.29) is 11.4 Å². The van der Waals surface area contributed by atoms with E-state index >= 15 is 0 Å². The van der Waals surface area contributed by atoms with Crippen molar-refractivity contribution in [2.24, 2.45) is 0 Å². The Balaban J connectivity index is 2.51. The van der Waals surface area contributed by atoms with Crippen molar-refractivity contribution in [3.63, 3.8) is 0 Å². The van der Waals surface area contributed by atoms with E-state index in [9.17, 15) is 17.6 Å². The van der Waals surface area contributed by atoms with Gasteiger partial charge >= 0.3 is 6.18 Å². The van der Waals surface area contributed by atoms with Gasteiger partial charge in [-0.05, 0) is 18.9 Å². The second-order valence-electron chi connectivity index (χ2n) is 4.20. The topological polar surface area (TPSA) is 12.5 Å². The first-order valence-corrected chi connectivity index (χ1v) is 5.63. The lowest BCUT2D eigenvalue weighted by atomic mass is 10.1. The first-order chi connectivity index (χ1) is 8.43. The van der Waals surface area contributed by atoms with Crippen LogP contribution in [-0.4, -0.2) is 20.2 Å². The van der Waals surface area contributed by atoms with Crippen LogP contribution in [-0.2, 0) is 6.18 Å². The molecule has 2 nitrogen and oxygen atoms in total. The molecule has 0 spiro atoms. The van der Waals surface area contributed by atoms with Crippen LogP contribution in [0.3, 0.4) is 0 Å². The average molecular weight is 263 g/mol. The fraction of sp³-hybridized carbons (Fsp3) is 0.500. The number of hydrogen-bond donors (Lipinski definition) is 0. The number of benzene rings is 1. The fourth-order valence-corrected chi connectivity index (χ4v) is 2.10. The second-order valence-corrected chi connectivity index (χ2v) is 4.20. The fourth-order valence-electron chi connectivity index (χ4n) is 2.10. The normalized spacial score (nSPS) is 16.2. The Labute approximate surface area is 102 Å². The summed E-state index contributed by atoms with van der Waals surface area (Å²) >= 11 is 0. The average Bonchev–Trinajstić information content (AvgIpc) is 2.81. The van der Waals surface area contributed by atoms with E-state index in [1.165, 1.54) is 13.2 Å². The van der Waals surface area contributed by atoms with Crippen molar-refractivity contribution >= 4 is 5.69 Å². The van der Waals surface area contributed by atoms with E-state index in [1.54, 1.807) is 4.90 Å². The summed E-state index contributed by atoms with van der Waals surface area (Å²) in [6, 6.07) is 2.00. The summed E-state index contributed by atoms with van der Waals surface area (Å²) in [6.45, 7) is 1.14. The van der Waals surface area contributed by atoms with Crippen LogP contribution < -0.4 is 9.64 Å². The quantitative estimate of drug-likeness (QED) is 0.758. The van der Waals surface area contributed by atoms with Crippen molar-refractivity contribution < 1.29 is 22.3 Å². The SMILES string of the molecule is COc1cc(N2CCCC2)c(F)c(C(F)(F)F)c1. The van der Waals surface area contributed by atoms with Crippen LogP contribution in [0.25, 0.3) is 0 Å². The van der Waals surface area contributed by atoms with Gasteiger partial charge in [0.25, 0.3) is 0 Å². The number of methoxy groups -OCH3 is 1. The van der Waals surface area contributed by atoms with Gasteiger partial charge in [0.2, 0.25) is 0 Å². The van der Waals surface area contributed by atoms with Gasteiger partial charge < -0.3 is 9.64 Å². The predicted octanol–water partition coefficient (Wildman–Crippen LogP) is 3.45. The molecule has 0 bridgehead atoms. The predicted molar refractivity (Wildman–Crippen MR) is 59.4 cm³/mol. The zero-order valence-corrected chi connectivity index (χ0v) is 9.85. The molecule has 1 aromatic rings. The Hall–Kier alpha value is -1.46. The molecule has 100 valence electrons. The summed E-state index contributed by atoms with van der Waals surface area (Å²) < 4.78 is 56.9. The van der Waals surface area contributed by atoms with Gasteiger partial charge in [-0.3, -0.25) is 0 Å². The van der Waals surface area contributed by atoms with Gasteiger partial charge in [0.05, 0.1) is 18.4 Å². The van der Waals surface area contributed by atoms with Crippen LogP contribution in [0, 0.1) is 5.82 Å². The lowest BCUT2D eigenvalue weighted by Gasteiger charge is -2.21. The Morgan fingerprint density at radius 3 is 2.28 bits per heavy atom. The number of ether oxygens (including phenoxy) is 1. The van der Waals surface area contributed by atoms with Crippen molar-refractivity contribution in [1.82, 2.24) is 0 Å². The molecule has 2 rings (SSSR count). The third-order valence-electron chi connectivity index (χ3n) is 3.01. The maximum Gasteiger partial charge on any atom is 0.419 e. The number of hydrogen-bond acceptors (Lipinski definition) is 2. The minimum atomic E-state index is -4.72. The largest absolute Gasteiger partial charge is 0.497 e. The van der Waals surface area contributed by atoms with Crippen molar-refractivity contribution in [1.29, 1.82) is 0 Å². The van der Waals surface area contributed by atoms with E-state index in [2.05, 4.69) is 0 Å². The van der Waals surface area contributed by atoms with Crippen molar-refractivity contribution in [3.05, 3.63) is 23.5 Å². The molecule has 0 unspecified atom stereocenters. The molecule has 0 aromatic heterocycles. The van der Waals surface area contributed by atoms with E-state index < -0.39 is 17.6 Å². The van der Waals surface area contributed by atoms with Crippen molar-refractivity contribution in [2.45, 2.75) is 19.0 Å². The number of anilines is 1. The molecule has 0 aliphatic carbocycles. The molecule has 1 heterocycles. The van der Waals surface area contributed by atoms with Gasteiger partial charge in [-0.15, -0.1) is 0 Å². The van der Waals surface area contributed by atoms with Gasteiger partial charge in [-0.1, -0.05) is 0 Å². The molecule has 1 aliphatic heterocycles. The van der Waals surface area contributed by atoms with E-state index in [1.807, 2.05) is 0 Å². The molecule has 18 heavy (non-hydrogen) atoms. The Bertz CT molecular complexity index is 438. The summed E-state index contributed by atoms with van der Waals surface area (Å²) in [6.07, 6.45) is -3.00. The van der Waals surface area contributed by atoms with Gasteiger partial charge in [0.1, 0.15) is 5.75 Å². The van der Waals surface area contributed by atoms with Gasteiger partial charge in [0, 0.05) is 19.2 Å². The summed E-state index contributed by atoms with van der Waals surface area (Å²) in [5.74, 6) is -1.20. The van der Waals surface area contributed by atoms with Crippen LogP contribution >= 0.6 is 0 Å². The second kappa shape index (κ2) is 4.66. The summed E-state index contributed by atoms with van der Waals surface area (Å²) in [5.41, 5.74) is -1.30. The summed E-state index contributed by atoms with van der Waals surface area (Å²) in [4.78, 5) is 1.62. The monoisotopic (exact) mass is 263 g/mol. The summed E-state index contributed by atoms with van der Waals surface area (Å²) in [5, 5.41) is 0. The zero-order valence-electron chi connectivity index (χ0n) is 9.85. The maximum atomic E-state index is 13.9. The molecule has 6 heteroatoms. The number of nitrogens with zero attached hydrogens (tertiary/aromatic N) is 1. The highest BCUT2D eigenvalue weighted by atomic mass is 19.4. The van der Waals surface area contributed by atoms with Crippen molar-refractivity contribution in [2.75, 3.05) is 25.1 Å². The highest BCUT2D eigenvalue weighted by Crippen LogP contribution is 2.39. The van der Waals surface area contributed by atoms with Crippen LogP contribution in [0.1, 0.15) is 18.4 Å². The Morgan fingerprint density at radius 2 is 1.78 bits per heavy atom. The number of alkyl halides is 3. The highest BCUT2D eigenvalue weighted by Gasteiger charge is 2.37. The van der Waals surface area contributed by atoms with E-state index in [0.29, 0.717) is 19.2 Å². The zero-order chi connectivity index (χ0) is 13.3. The molecule has 1 aliphatic rings. The molecular formula is C12H13F4NO. The Kier molecular flexibility index (Phi) is 3.36. The lowest BCUT2D eigenvalue weighted by Crippen LogP contribution is -2.21. The molecule has 0 amide bonds. The minimum Gasteiger partial charge on any atom is -0.497 e. The van der Waals surface area contributed by atoms with Gasteiger partial charge in [-0.2, -0.15) is 13.2 Å². The lowest BCUT2D eigenvalue weighted by molar-refractivity contribution is -0.140. The molecule has 1 saturated heterocycles. The Morgan fingerprint density at radius 1 is 1.17 bits per heavy atom. The van der Waals surface area contributed by atoms with Gasteiger partial charge in [0.15, 0.2) is 5.82 Å². The van der Waals surface area contributed by atoms with Crippen LogP contribution in [0.2, 0.25) is 0 Å².